The number of alkyl carbamates (subject to hydrolysis) is 1. The summed E-state index contributed by atoms with van der Waals surface area (Å²) in [4.78, 5) is 47.3. The molecule has 8 nitrogen and oxygen atoms in total. The molecule has 1 atom stereocenters. The zero-order valence-electron chi connectivity index (χ0n) is 21.0. The van der Waals surface area contributed by atoms with Crippen LogP contribution in [0.5, 0.6) is 0 Å². The second-order valence-corrected chi connectivity index (χ2v) is 10.3. The fourth-order valence-corrected chi connectivity index (χ4v) is 5.07. The first-order valence-corrected chi connectivity index (χ1v) is 13.6. The monoisotopic (exact) mass is 526 g/mol. The van der Waals surface area contributed by atoms with Gasteiger partial charge in [0, 0.05) is 31.6 Å². The third-order valence-electron chi connectivity index (χ3n) is 6.26. The minimum absolute atomic E-state index is 0.00635. The second-order valence-electron chi connectivity index (χ2n) is 9.00. The van der Waals surface area contributed by atoms with Gasteiger partial charge in [0.05, 0.1) is 0 Å². The number of carbonyl (C=O) groups excluding carboxylic acids is 3. The highest BCUT2D eigenvalue weighted by Gasteiger charge is 2.29. The van der Waals surface area contributed by atoms with E-state index < -0.39 is 18.1 Å². The number of fused-ring (bicyclic) bond motifs is 3. The number of carboxylic acid groups (broad SMARTS) is 1. The summed E-state index contributed by atoms with van der Waals surface area (Å²) in [6, 6.07) is 15.3. The van der Waals surface area contributed by atoms with Crippen molar-refractivity contribution in [2.24, 2.45) is 0 Å². The smallest absolute Gasteiger partial charge is 0.407 e. The van der Waals surface area contributed by atoms with Gasteiger partial charge in [0.25, 0.3) is 0 Å². The van der Waals surface area contributed by atoms with Gasteiger partial charge in [0.2, 0.25) is 5.91 Å². The van der Waals surface area contributed by atoms with Gasteiger partial charge in [-0.3, -0.25) is 14.4 Å². The topological polar surface area (TPSA) is 122 Å². The zero-order chi connectivity index (χ0) is 26.6. The molecule has 3 rings (SSSR count). The zero-order valence-corrected chi connectivity index (χ0v) is 21.9. The van der Waals surface area contributed by atoms with Crippen LogP contribution < -0.4 is 10.6 Å². The third kappa shape index (κ3) is 8.63. The maximum absolute atomic E-state index is 12.8. The Hall–Kier alpha value is -3.33. The van der Waals surface area contributed by atoms with Gasteiger partial charge in [-0.25, -0.2) is 4.79 Å². The molecule has 2 amide bonds. The fraction of sp³-hybridized carbons (Fsp3) is 0.429. The first-order valence-electron chi connectivity index (χ1n) is 12.6. The minimum atomic E-state index is -0.833. The van der Waals surface area contributed by atoms with Gasteiger partial charge in [-0.15, -0.1) is 0 Å². The molecular weight excluding hydrogens is 492 g/mol. The lowest BCUT2D eigenvalue weighted by Crippen LogP contribution is -2.47. The van der Waals surface area contributed by atoms with Crippen LogP contribution in [-0.2, 0) is 19.1 Å². The van der Waals surface area contributed by atoms with Gasteiger partial charge in [-0.1, -0.05) is 66.7 Å². The number of benzene rings is 2. The molecule has 0 bridgehead atoms. The van der Waals surface area contributed by atoms with Crippen LogP contribution in [0, 0.1) is 0 Å². The summed E-state index contributed by atoms with van der Waals surface area (Å²) in [6.45, 7) is 2.04. The minimum Gasteiger partial charge on any atom is -0.481 e. The van der Waals surface area contributed by atoms with E-state index in [0.29, 0.717) is 44.4 Å². The quantitative estimate of drug-likeness (QED) is 0.305. The first kappa shape index (κ1) is 28.2. The SMILES string of the molecule is CC(=O)SCCCC(NC(=O)OCC1c2ccccc2-c2ccccc21)C(=O)NCCCCCC(=O)O. The number of amides is 2. The highest BCUT2D eigenvalue weighted by Crippen LogP contribution is 2.44. The van der Waals surface area contributed by atoms with Crippen LogP contribution in [0.25, 0.3) is 11.1 Å². The number of carboxylic acids is 1. The molecule has 0 heterocycles. The predicted molar refractivity (Wildman–Crippen MR) is 143 cm³/mol. The Kier molecular flexibility index (Phi) is 11.0. The fourth-order valence-electron chi connectivity index (χ4n) is 4.47. The van der Waals surface area contributed by atoms with Crippen molar-refractivity contribution in [1.82, 2.24) is 10.6 Å². The molecule has 37 heavy (non-hydrogen) atoms. The summed E-state index contributed by atoms with van der Waals surface area (Å²) in [5.74, 6) is -0.677. The highest BCUT2D eigenvalue weighted by molar-refractivity contribution is 8.13. The molecule has 1 aliphatic rings. The number of ether oxygens (including phenoxy) is 1. The molecule has 1 aliphatic carbocycles. The molecule has 0 saturated heterocycles. The van der Waals surface area contributed by atoms with E-state index in [1.165, 1.54) is 18.7 Å². The van der Waals surface area contributed by atoms with Gasteiger partial charge < -0.3 is 20.5 Å². The molecule has 0 fully saturated rings. The number of thioether (sulfide) groups is 1. The molecule has 198 valence electrons. The van der Waals surface area contributed by atoms with Gasteiger partial charge in [-0.05, 0) is 47.9 Å². The number of unbranched alkanes of at least 4 members (excludes halogenated alkanes) is 2. The van der Waals surface area contributed by atoms with E-state index in [1.807, 2.05) is 36.4 Å². The first-order chi connectivity index (χ1) is 17.9. The maximum atomic E-state index is 12.8. The van der Waals surface area contributed by atoms with E-state index in [4.69, 9.17) is 9.84 Å². The summed E-state index contributed by atoms with van der Waals surface area (Å²) < 4.78 is 5.60. The third-order valence-corrected chi connectivity index (χ3v) is 7.16. The molecule has 0 spiro atoms. The van der Waals surface area contributed by atoms with Crippen molar-refractivity contribution in [3.05, 3.63) is 59.7 Å². The molecule has 0 saturated carbocycles. The Morgan fingerprint density at radius 2 is 1.59 bits per heavy atom. The number of hydrogen-bond donors (Lipinski definition) is 3. The molecule has 2 aromatic carbocycles. The molecule has 1 unspecified atom stereocenters. The largest absolute Gasteiger partial charge is 0.481 e. The van der Waals surface area contributed by atoms with Gasteiger partial charge in [0.15, 0.2) is 5.12 Å². The molecule has 0 radical (unpaired) electrons. The normalized spacial score (nSPS) is 12.8. The highest BCUT2D eigenvalue weighted by atomic mass is 32.2. The number of hydrogen-bond acceptors (Lipinski definition) is 6. The Balaban J connectivity index is 1.54. The lowest BCUT2D eigenvalue weighted by Gasteiger charge is -2.20. The van der Waals surface area contributed by atoms with E-state index in [-0.39, 0.29) is 30.0 Å². The summed E-state index contributed by atoms with van der Waals surface area (Å²) in [7, 11) is 0. The maximum Gasteiger partial charge on any atom is 0.407 e. The van der Waals surface area contributed by atoms with E-state index in [2.05, 4.69) is 22.8 Å². The Bertz CT molecular complexity index is 1060. The van der Waals surface area contributed by atoms with Crippen molar-refractivity contribution < 1.29 is 29.0 Å². The number of rotatable bonds is 14. The van der Waals surface area contributed by atoms with Crippen molar-refractivity contribution in [2.75, 3.05) is 18.9 Å². The van der Waals surface area contributed by atoms with E-state index in [0.717, 1.165) is 22.3 Å². The molecule has 2 aromatic rings. The van der Waals surface area contributed by atoms with Crippen molar-refractivity contribution >= 4 is 34.8 Å². The molecule has 0 aliphatic heterocycles. The summed E-state index contributed by atoms with van der Waals surface area (Å²) >= 11 is 1.18. The molecule has 3 N–H and O–H groups in total. The van der Waals surface area contributed by atoms with Gasteiger partial charge in [0.1, 0.15) is 12.6 Å². The predicted octanol–water partition coefficient (Wildman–Crippen LogP) is 4.71. The molecular formula is C28H34N2O6S. The summed E-state index contributed by atoms with van der Waals surface area (Å²) in [5, 5.41) is 14.2. The van der Waals surface area contributed by atoms with Crippen LogP contribution in [0.4, 0.5) is 4.79 Å². The van der Waals surface area contributed by atoms with Crippen molar-refractivity contribution in [1.29, 1.82) is 0 Å². The van der Waals surface area contributed by atoms with Gasteiger partial charge in [-0.2, -0.15) is 0 Å². The summed E-state index contributed by atoms with van der Waals surface area (Å²) in [5.41, 5.74) is 4.48. The van der Waals surface area contributed by atoms with Crippen LogP contribution in [-0.4, -0.2) is 53.1 Å². The second kappa shape index (κ2) is 14.4. The average Bonchev–Trinajstić information content (AvgIpc) is 3.20. The lowest BCUT2D eigenvalue weighted by molar-refractivity contribution is -0.137. The number of aliphatic carboxylic acids is 1. The lowest BCUT2D eigenvalue weighted by atomic mass is 9.98. The van der Waals surface area contributed by atoms with Crippen LogP contribution in [0.2, 0.25) is 0 Å². The summed E-state index contributed by atoms with van der Waals surface area (Å²) in [6.07, 6.45) is 2.27. The van der Waals surface area contributed by atoms with Crippen molar-refractivity contribution in [2.45, 2.75) is 57.4 Å². The van der Waals surface area contributed by atoms with E-state index in [9.17, 15) is 19.2 Å². The van der Waals surface area contributed by atoms with Crippen molar-refractivity contribution in [3.63, 3.8) is 0 Å². The van der Waals surface area contributed by atoms with Crippen molar-refractivity contribution in [3.8, 4) is 11.1 Å². The Morgan fingerprint density at radius 3 is 2.22 bits per heavy atom. The van der Waals surface area contributed by atoms with E-state index >= 15 is 0 Å². The molecule has 0 aromatic heterocycles. The Morgan fingerprint density at radius 1 is 0.946 bits per heavy atom. The average molecular weight is 527 g/mol. The number of carbonyl (C=O) groups is 4. The van der Waals surface area contributed by atoms with Crippen LogP contribution in [0.1, 0.15) is 62.5 Å². The number of nitrogens with one attached hydrogen (secondary N) is 2. The standard InChI is InChI=1S/C28H34N2O6S/c1-19(31)37-17-9-14-25(27(34)29-16-8-2-3-15-26(32)33)30-28(35)36-18-24-22-12-6-4-10-20(22)21-11-5-7-13-23(21)24/h4-7,10-13,24-25H,2-3,8-9,14-18H2,1H3,(H,29,34)(H,30,35)(H,32,33). The van der Waals surface area contributed by atoms with Crippen LogP contribution >= 0.6 is 11.8 Å². The molecule has 9 heteroatoms. The van der Waals surface area contributed by atoms with Gasteiger partial charge >= 0.3 is 12.1 Å². The Labute approximate surface area is 221 Å². The van der Waals surface area contributed by atoms with Crippen LogP contribution in [0.15, 0.2) is 48.5 Å². The van der Waals surface area contributed by atoms with Crippen LogP contribution in [0.3, 0.4) is 0 Å². The van der Waals surface area contributed by atoms with E-state index in [1.54, 1.807) is 0 Å².